The molecule has 0 atom stereocenters. The van der Waals surface area contributed by atoms with E-state index in [4.69, 9.17) is 4.74 Å². The van der Waals surface area contributed by atoms with Gasteiger partial charge >= 0.3 is 0 Å². The van der Waals surface area contributed by atoms with Crippen molar-refractivity contribution in [2.45, 2.75) is 32.2 Å². The molecule has 9 heteroatoms. The first kappa shape index (κ1) is 24.8. The average molecular weight is 510 g/mol. The van der Waals surface area contributed by atoms with Gasteiger partial charge in [0.25, 0.3) is 15.9 Å². The van der Waals surface area contributed by atoms with E-state index in [0.29, 0.717) is 35.8 Å². The highest BCUT2D eigenvalue weighted by Gasteiger charge is 2.15. The minimum atomic E-state index is -3.71. The lowest BCUT2D eigenvalue weighted by atomic mass is 10.1. The standard InChI is InChI=1S/C26H27N3O4S2/c1-4-33-15-14-29-23-17-18(2)16-19(3)24(23)34-26(29)27-25(30)20-10-12-21(13-11-20)28-35(31,32)22-8-6-5-7-9-22/h5-13,16-17,28H,4,14-15H2,1-3H3. The Morgan fingerprint density at radius 2 is 1.77 bits per heavy atom. The smallest absolute Gasteiger partial charge is 0.279 e. The number of nitrogens with one attached hydrogen (secondary N) is 1. The van der Waals surface area contributed by atoms with Crippen molar-refractivity contribution < 1.29 is 17.9 Å². The number of hydrogen-bond donors (Lipinski definition) is 1. The van der Waals surface area contributed by atoms with Crippen molar-refractivity contribution in [2.24, 2.45) is 4.99 Å². The fraction of sp³-hybridized carbons (Fsp3) is 0.231. The van der Waals surface area contributed by atoms with E-state index in [0.717, 1.165) is 21.3 Å². The van der Waals surface area contributed by atoms with E-state index in [1.54, 1.807) is 42.5 Å². The molecular weight excluding hydrogens is 482 g/mol. The normalized spacial score (nSPS) is 12.3. The molecule has 0 unspecified atom stereocenters. The molecule has 1 heterocycles. The number of aryl methyl sites for hydroxylation is 2. The van der Waals surface area contributed by atoms with Crippen LogP contribution in [0.3, 0.4) is 0 Å². The van der Waals surface area contributed by atoms with Gasteiger partial charge in [0.1, 0.15) is 0 Å². The predicted molar refractivity (Wildman–Crippen MR) is 139 cm³/mol. The maximum Gasteiger partial charge on any atom is 0.279 e. The quantitative estimate of drug-likeness (QED) is 0.342. The molecule has 4 aromatic rings. The van der Waals surface area contributed by atoms with Gasteiger partial charge in [0, 0.05) is 24.4 Å². The summed E-state index contributed by atoms with van der Waals surface area (Å²) in [7, 11) is -3.71. The van der Waals surface area contributed by atoms with Crippen LogP contribution in [0, 0.1) is 13.8 Å². The summed E-state index contributed by atoms with van der Waals surface area (Å²) in [5, 5.41) is 0. The highest BCUT2D eigenvalue weighted by molar-refractivity contribution is 7.92. The zero-order chi connectivity index (χ0) is 25.0. The third-order valence-electron chi connectivity index (χ3n) is 5.41. The average Bonchev–Trinajstić information content (AvgIpc) is 3.17. The zero-order valence-corrected chi connectivity index (χ0v) is 21.4. The number of thiazole rings is 1. The number of amides is 1. The first-order chi connectivity index (χ1) is 16.8. The number of anilines is 1. The van der Waals surface area contributed by atoms with Crippen LogP contribution in [-0.4, -0.2) is 32.1 Å². The molecule has 182 valence electrons. The van der Waals surface area contributed by atoms with Gasteiger partial charge in [-0.05, 0) is 74.4 Å². The van der Waals surface area contributed by atoms with Crippen LogP contribution in [0.4, 0.5) is 5.69 Å². The summed E-state index contributed by atoms with van der Waals surface area (Å²) in [5.41, 5.74) is 4.05. The van der Waals surface area contributed by atoms with Gasteiger partial charge in [-0.2, -0.15) is 4.99 Å². The molecule has 0 saturated carbocycles. The number of benzene rings is 3. The highest BCUT2D eigenvalue weighted by atomic mass is 32.2. The molecule has 0 aliphatic carbocycles. The van der Waals surface area contributed by atoms with Gasteiger partial charge in [-0.1, -0.05) is 35.6 Å². The molecule has 35 heavy (non-hydrogen) atoms. The molecule has 0 radical (unpaired) electrons. The molecular formula is C26H27N3O4S2. The molecule has 0 saturated heterocycles. The topological polar surface area (TPSA) is 89.8 Å². The first-order valence-corrected chi connectivity index (χ1v) is 13.5. The molecule has 1 N–H and O–H groups in total. The number of hydrogen-bond acceptors (Lipinski definition) is 5. The zero-order valence-electron chi connectivity index (χ0n) is 19.8. The third-order valence-corrected chi connectivity index (χ3v) is 8.04. The Hall–Kier alpha value is -3.27. The fourth-order valence-corrected chi connectivity index (χ4v) is 5.94. The van der Waals surface area contributed by atoms with Crippen molar-refractivity contribution in [2.75, 3.05) is 17.9 Å². The first-order valence-electron chi connectivity index (χ1n) is 11.2. The van der Waals surface area contributed by atoms with Gasteiger partial charge in [0.2, 0.25) is 0 Å². The van der Waals surface area contributed by atoms with E-state index in [1.165, 1.54) is 23.5 Å². The summed E-state index contributed by atoms with van der Waals surface area (Å²) in [4.78, 5) is 18.2. The minimum absolute atomic E-state index is 0.169. The predicted octanol–water partition coefficient (Wildman–Crippen LogP) is 4.90. The summed E-state index contributed by atoms with van der Waals surface area (Å²) in [5.74, 6) is -0.395. The van der Waals surface area contributed by atoms with Gasteiger partial charge in [0.05, 0.1) is 21.7 Å². The maximum absolute atomic E-state index is 13.0. The Labute approximate surface area is 208 Å². The summed E-state index contributed by atoms with van der Waals surface area (Å²) in [6, 6.07) is 18.6. The second-order valence-corrected chi connectivity index (χ2v) is 10.7. The highest BCUT2D eigenvalue weighted by Crippen LogP contribution is 2.24. The van der Waals surface area contributed by atoms with Gasteiger partial charge < -0.3 is 9.30 Å². The van der Waals surface area contributed by atoms with Crippen LogP contribution in [0.15, 0.2) is 76.6 Å². The van der Waals surface area contributed by atoms with Gasteiger partial charge in [-0.3, -0.25) is 9.52 Å². The van der Waals surface area contributed by atoms with Crippen LogP contribution < -0.4 is 9.52 Å². The van der Waals surface area contributed by atoms with Crippen LogP contribution in [0.2, 0.25) is 0 Å². The van der Waals surface area contributed by atoms with Gasteiger partial charge in [-0.15, -0.1) is 0 Å². The van der Waals surface area contributed by atoms with Crippen LogP contribution >= 0.6 is 11.3 Å². The van der Waals surface area contributed by atoms with E-state index < -0.39 is 15.9 Å². The minimum Gasteiger partial charge on any atom is -0.380 e. The molecule has 0 aliphatic rings. The number of sulfonamides is 1. The molecule has 4 rings (SSSR count). The fourth-order valence-electron chi connectivity index (χ4n) is 3.76. The molecule has 7 nitrogen and oxygen atoms in total. The van der Waals surface area contributed by atoms with Crippen LogP contribution in [0.25, 0.3) is 10.2 Å². The van der Waals surface area contributed by atoms with E-state index in [2.05, 4.69) is 28.8 Å². The Balaban J connectivity index is 1.63. The number of aromatic nitrogens is 1. The van der Waals surface area contributed by atoms with E-state index in [9.17, 15) is 13.2 Å². The van der Waals surface area contributed by atoms with Crippen LogP contribution in [0.1, 0.15) is 28.4 Å². The Morgan fingerprint density at radius 3 is 2.46 bits per heavy atom. The van der Waals surface area contributed by atoms with Crippen molar-refractivity contribution in [1.29, 1.82) is 0 Å². The number of fused-ring (bicyclic) bond motifs is 1. The molecule has 0 spiro atoms. The number of ether oxygens (including phenoxy) is 1. The maximum atomic E-state index is 13.0. The number of nitrogens with zero attached hydrogens (tertiary/aromatic N) is 2. The lowest BCUT2D eigenvalue weighted by Gasteiger charge is -2.08. The van der Waals surface area contributed by atoms with E-state index in [1.807, 2.05) is 18.4 Å². The van der Waals surface area contributed by atoms with E-state index in [-0.39, 0.29) is 4.90 Å². The molecule has 3 aromatic carbocycles. The summed E-state index contributed by atoms with van der Waals surface area (Å²) >= 11 is 1.48. The Bertz CT molecular complexity index is 1520. The van der Waals surface area contributed by atoms with Crippen molar-refractivity contribution in [3.05, 3.63) is 88.2 Å². The van der Waals surface area contributed by atoms with Crippen LogP contribution in [-0.2, 0) is 21.3 Å². The second-order valence-electron chi connectivity index (χ2n) is 8.08. The second kappa shape index (κ2) is 10.6. The van der Waals surface area contributed by atoms with Crippen molar-refractivity contribution in [1.82, 2.24) is 4.57 Å². The molecule has 0 bridgehead atoms. The Morgan fingerprint density at radius 1 is 1.06 bits per heavy atom. The third kappa shape index (κ3) is 5.70. The molecule has 0 aliphatic heterocycles. The molecule has 1 amide bonds. The lowest BCUT2D eigenvalue weighted by Crippen LogP contribution is -2.19. The Kier molecular flexibility index (Phi) is 7.49. The SMILES string of the molecule is CCOCCn1c(=NC(=O)c2ccc(NS(=O)(=O)c3ccccc3)cc2)sc2c(C)cc(C)cc21. The molecule has 1 aromatic heterocycles. The van der Waals surface area contributed by atoms with Crippen molar-refractivity contribution in [3.8, 4) is 0 Å². The molecule has 0 fully saturated rings. The van der Waals surface area contributed by atoms with Crippen molar-refractivity contribution >= 4 is 43.2 Å². The summed E-state index contributed by atoms with van der Waals surface area (Å²) in [6.07, 6.45) is 0. The number of rotatable bonds is 8. The summed E-state index contributed by atoms with van der Waals surface area (Å²) in [6.45, 7) is 7.78. The van der Waals surface area contributed by atoms with E-state index >= 15 is 0 Å². The largest absolute Gasteiger partial charge is 0.380 e. The monoisotopic (exact) mass is 509 g/mol. The lowest BCUT2D eigenvalue weighted by molar-refractivity contribution is 0.0996. The van der Waals surface area contributed by atoms with Crippen molar-refractivity contribution in [3.63, 3.8) is 0 Å². The summed E-state index contributed by atoms with van der Waals surface area (Å²) < 4.78 is 36.3. The number of carbonyl (C=O) groups is 1. The van der Waals surface area contributed by atoms with Gasteiger partial charge in [0.15, 0.2) is 4.80 Å². The van der Waals surface area contributed by atoms with Gasteiger partial charge in [-0.25, -0.2) is 8.42 Å². The number of carbonyl (C=O) groups excluding carboxylic acids is 1. The van der Waals surface area contributed by atoms with Crippen LogP contribution in [0.5, 0.6) is 0 Å².